The molecule has 1 saturated heterocycles. The van der Waals surface area contributed by atoms with E-state index in [1.165, 1.54) is 30.3 Å². The number of fused-ring (bicyclic) bond motifs is 1. The molecule has 162 valence electrons. The molecule has 0 bridgehead atoms. The van der Waals surface area contributed by atoms with Crippen LogP contribution < -0.4 is 0 Å². The highest BCUT2D eigenvalue weighted by Crippen LogP contribution is 2.33. The quantitative estimate of drug-likeness (QED) is 0.623. The van der Waals surface area contributed by atoms with E-state index in [-0.39, 0.29) is 27.6 Å². The van der Waals surface area contributed by atoms with Crippen LogP contribution in [0.5, 0.6) is 0 Å². The molecule has 2 aromatic heterocycles. The van der Waals surface area contributed by atoms with Crippen molar-refractivity contribution in [3.63, 3.8) is 0 Å². The molecule has 4 rings (SSSR count). The Kier molecular flexibility index (Phi) is 5.34. The molecule has 0 radical (unpaired) electrons. The van der Waals surface area contributed by atoms with Crippen LogP contribution in [0.2, 0.25) is 0 Å². The van der Waals surface area contributed by atoms with E-state index in [9.17, 15) is 22.9 Å². The van der Waals surface area contributed by atoms with Crippen LogP contribution in [-0.2, 0) is 6.18 Å². The highest BCUT2D eigenvalue weighted by Gasteiger charge is 2.36. The maximum Gasteiger partial charge on any atom is 0.433 e. The van der Waals surface area contributed by atoms with Crippen molar-refractivity contribution in [2.45, 2.75) is 31.9 Å². The Hall–Kier alpha value is -3.50. The summed E-state index contributed by atoms with van der Waals surface area (Å²) in [6.45, 7) is 1.09. The Labute approximate surface area is 174 Å². The molecule has 0 unspecified atom stereocenters. The van der Waals surface area contributed by atoms with Gasteiger partial charge in [0.2, 0.25) is 0 Å². The van der Waals surface area contributed by atoms with Gasteiger partial charge in [-0.25, -0.2) is 14.7 Å². The molecule has 1 N–H and O–H groups in total. The minimum absolute atomic E-state index is 0.00423. The van der Waals surface area contributed by atoms with Crippen LogP contribution in [0.25, 0.3) is 16.9 Å². The van der Waals surface area contributed by atoms with E-state index >= 15 is 0 Å². The van der Waals surface area contributed by atoms with E-state index in [0.29, 0.717) is 23.2 Å². The number of carbonyl (C=O) groups is 1. The van der Waals surface area contributed by atoms with Crippen LogP contribution in [0.1, 0.15) is 41.9 Å². The average molecular weight is 434 g/mol. The van der Waals surface area contributed by atoms with Crippen LogP contribution in [0.15, 0.2) is 36.4 Å². The Bertz CT molecular complexity index is 1130. The van der Waals surface area contributed by atoms with E-state index in [4.69, 9.17) is 5.21 Å². The fraction of sp³-hybridized carbons (Fsp3) is 0.350. The smallest absolute Gasteiger partial charge is 0.337 e. The molecule has 11 heteroatoms. The van der Waals surface area contributed by atoms with E-state index in [1.807, 2.05) is 0 Å². The Morgan fingerprint density at radius 3 is 2.26 bits per heavy atom. The topological polar surface area (TPSA) is 90.8 Å². The van der Waals surface area contributed by atoms with E-state index in [0.717, 1.165) is 31.7 Å². The molecule has 1 amide bonds. The fourth-order valence-electron chi connectivity index (χ4n) is 3.62. The predicted molar refractivity (Wildman–Crippen MR) is 103 cm³/mol. The van der Waals surface area contributed by atoms with Gasteiger partial charge in [0, 0.05) is 36.9 Å². The largest absolute Gasteiger partial charge is 0.433 e. The summed E-state index contributed by atoms with van der Waals surface area (Å²) in [6, 6.07) is 7.35. The van der Waals surface area contributed by atoms with Gasteiger partial charge in [-0.1, -0.05) is 12.8 Å². The lowest BCUT2D eigenvalue weighted by atomic mass is 10.1. The molecule has 1 aliphatic rings. The molecule has 0 aliphatic carbocycles. The Morgan fingerprint density at radius 2 is 1.68 bits per heavy atom. The predicted octanol–water partition coefficient (Wildman–Crippen LogP) is 4.23. The molecule has 3 aromatic rings. The van der Waals surface area contributed by atoms with Crippen molar-refractivity contribution in [1.82, 2.24) is 19.5 Å². The van der Waals surface area contributed by atoms with Crippen molar-refractivity contribution in [3.8, 4) is 11.3 Å². The minimum Gasteiger partial charge on any atom is -0.337 e. The van der Waals surface area contributed by atoms with E-state index in [2.05, 4.69) is 10.1 Å². The molecule has 1 aromatic carbocycles. The molecular formula is C20H19F3N5O3+. The average Bonchev–Trinajstić information content (AvgIpc) is 2.97. The van der Waals surface area contributed by atoms with Gasteiger partial charge in [0.15, 0.2) is 17.0 Å². The number of amides is 1. The van der Waals surface area contributed by atoms with E-state index < -0.39 is 17.8 Å². The molecule has 8 nitrogen and oxygen atoms in total. The first-order valence-electron chi connectivity index (χ1n) is 9.78. The second-order valence-corrected chi connectivity index (χ2v) is 7.35. The third-order valence-corrected chi connectivity index (χ3v) is 5.21. The first-order chi connectivity index (χ1) is 14.7. The van der Waals surface area contributed by atoms with Crippen molar-refractivity contribution >= 4 is 17.2 Å². The summed E-state index contributed by atoms with van der Waals surface area (Å²) in [5.41, 5.74) is -1.04. The lowest BCUT2D eigenvalue weighted by molar-refractivity contribution is -0.729. The SMILES string of the molecule is O=C(c1cc2nc(-c3ccc([N+](=O)O)cc3)cc(C(F)(F)F)n2n1)N1CCCCCC1. The summed E-state index contributed by atoms with van der Waals surface area (Å²) >= 11 is 0. The number of rotatable bonds is 3. The summed E-state index contributed by atoms with van der Waals surface area (Å²) in [5, 5.41) is 12.8. The van der Waals surface area contributed by atoms with Crippen molar-refractivity contribution in [2.75, 3.05) is 13.1 Å². The summed E-state index contributed by atoms with van der Waals surface area (Å²) in [7, 11) is 0. The van der Waals surface area contributed by atoms with Gasteiger partial charge < -0.3 is 4.90 Å². The number of carbonyl (C=O) groups excluding carboxylic acids is 1. The minimum atomic E-state index is -4.73. The maximum absolute atomic E-state index is 13.7. The number of hydrogen-bond donors (Lipinski definition) is 1. The van der Waals surface area contributed by atoms with Crippen molar-refractivity contribution in [1.29, 1.82) is 0 Å². The van der Waals surface area contributed by atoms with Crippen molar-refractivity contribution in [2.24, 2.45) is 0 Å². The van der Waals surface area contributed by atoms with Crippen LogP contribution in [-0.4, -0.2) is 48.6 Å². The van der Waals surface area contributed by atoms with Gasteiger partial charge in [0.1, 0.15) is 0 Å². The highest BCUT2D eigenvalue weighted by molar-refractivity contribution is 5.93. The number of halogens is 3. The Morgan fingerprint density at radius 1 is 1.03 bits per heavy atom. The number of nitrogens with zero attached hydrogens (tertiary/aromatic N) is 5. The van der Waals surface area contributed by atoms with Crippen LogP contribution in [0.4, 0.5) is 18.9 Å². The number of alkyl halides is 3. The molecule has 1 fully saturated rings. The van der Waals surface area contributed by atoms with Gasteiger partial charge in [-0.3, -0.25) is 4.79 Å². The number of benzene rings is 1. The lowest BCUT2D eigenvalue weighted by Gasteiger charge is -2.18. The zero-order chi connectivity index (χ0) is 22.2. The summed E-state index contributed by atoms with van der Waals surface area (Å²) in [5.74, 6) is -0.412. The maximum atomic E-state index is 13.7. The van der Waals surface area contributed by atoms with Crippen molar-refractivity contribution in [3.05, 3.63) is 52.7 Å². The standard InChI is InChI=1S/C20H19F3N5O3/c21-20(22,23)17-11-15(13-5-7-14(8-6-13)28(30)31)24-18-12-16(25-27(17)18)19(29)26-9-3-1-2-4-10-26/h5-8,11-12H,1-4,9-10H2,(H,30,31)/q+1. The summed E-state index contributed by atoms with van der Waals surface area (Å²) in [6.07, 6.45) is -1.02. The number of aromatic nitrogens is 3. The van der Waals surface area contributed by atoms with Crippen LogP contribution in [0, 0.1) is 4.91 Å². The normalized spacial score (nSPS) is 15.1. The van der Waals surface area contributed by atoms with Crippen molar-refractivity contribution < 1.29 is 28.1 Å². The molecule has 1 aliphatic heterocycles. The molecule has 31 heavy (non-hydrogen) atoms. The van der Waals surface area contributed by atoms with Crippen LogP contribution in [0.3, 0.4) is 0 Å². The number of likely N-dealkylation sites (tertiary alicyclic amines) is 1. The summed E-state index contributed by atoms with van der Waals surface area (Å²) < 4.78 is 41.8. The third kappa shape index (κ3) is 4.21. The summed E-state index contributed by atoms with van der Waals surface area (Å²) in [4.78, 5) is 29.3. The second kappa shape index (κ2) is 7.97. The molecule has 0 saturated carbocycles. The first-order valence-corrected chi connectivity index (χ1v) is 9.78. The van der Waals surface area contributed by atoms with Gasteiger partial charge >= 0.3 is 11.9 Å². The van der Waals surface area contributed by atoms with Gasteiger partial charge in [-0.15, -0.1) is 0 Å². The van der Waals surface area contributed by atoms with Gasteiger partial charge in [-0.2, -0.15) is 18.3 Å². The zero-order valence-electron chi connectivity index (χ0n) is 16.3. The second-order valence-electron chi connectivity index (χ2n) is 7.35. The van der Waals surface area contributed by atoms with Gasteiger partial charge in [0.25, 0.3) is 10.8 Å². The third-order valence-electron chi connectivity index (χ3n) is 5.21. The van der Waals surface area contributed by atoms with E-state index in [1.54, 1.807) is 4.90 Å². The fourth-order valence-corrected chi connectivity index (χ4v) is 3.62. The monoisotopic (exact) mass is 434 g/mol. The zero-order valence-corrected chi connectivity index (χ0v) is 16.3. The first kappa shape index (κ1) is 20.8. The van der Waals surface area contributed by atoms with Crippen LogP contribution >= 0.6 is 0 Å². The van der Waals surface area contributed by atoms with Gasteiger partial charge in [-0.05, 0) is 31.0 Å². The molecule has 0 atom stereocenters. The highest BCUT2D eigenvalue weighted by atomic mass is 19.4. The number of hydrogen-bond acceptors (Lipinski definition) is 4. The molecule has 0 spiro atoms. The molecular weight excluding hydrogens is 415 g/mol. The molecule has 3 heterocycles. The lowest BCUT2D eigenvalue weighted by Crippen LogP contribution is -2.32. The Balaban J connectivity index is 1.78. The van der Waals surface area contributed by atoms with Gasteiger partial charge in [0.05, 0.1) is 10.6 Å².